The Balaban J connectivity index is 2.21. The zero-order chi connectivity index (χ0) is 13.9. The van der Waals surface area contributed by atoms with Gasteiger partial charge in [0.25, 0.3) is 0 Å². The fourth-order valence-electron chi connectivity index (χ4n) is 1.78. The number of para-hydroxylation sites is 1. The van der Waals surface area contributed by atoms with Crippen molar-refractivity contribution in [3.05, 3.63) is 59.1 Å². The van der Waals surface area contributed by atoms with Crippen LogP contribution < -0.4 is 5.32 Å². The summed E-state index contributed by atoms with van der Waals surface area (Å²) < 4.78 is 23.3. The molecule has 2 aromatic carbocycles. The van der Waals surface area contributed by atoms with Crippen molar-refractivity contribution >= 4 is 27.1 Å². The van der Waals surface area contributed by atoms with Gasteiger partial charge in [-0.1, -0.05) is 35.9 Å². The second kappa shape index (κ2) is 5.63. The second-order valence-electron chi connectivity index (χ2n) is 4.25. The lowest BCUT2D eigenvalue weighted by Crippen LogP contribution is -2.06. The monoisotopic (exact) mass is 295 g/mol. The summed E-state index contributed by atoms with van der Waals surface area (Å²) in [6.07, 6.45) is 1.20. The molecule has 0 aliphatic carbocycles. The molecule has 0 radical (unpaired) electrons. The van der Waals surface area contributed by atoms with Gasteiger partial charge in [0.2, 0.25) is 0 Å². The predicted octanol–water partition coefficient (Wildman–Crippen LogP) is 3.36. The Kier molecular flexibility index (Phi) is 4.12. The molecular weight excluding hydrogens is 282 g/mol. The molecule has 0 saturated carbocycles. The SMILES string of the molecule is CS(=O)(=O)c1ccccc1NCc1cccc(Cl)c1. The summed E-state index contributed by atoms with van der Waals surface area (Å²) in [7, 11) is -3.23. The summed E-state index contributed by atoms with van der Waals surface area (Å²) in [6, 6.07) is 14.3. The molecule has 0 atom stereocenters. The van der Waals surface area contributed by atoms with Crippen molar-refractivity contribution in [2.24, 2.45) is 0 Å². The Morgan fingerprint density at radius 3 is 2.53 bits per heavy atom. The van der Waals surface area contributed by atoms with E-state index in [1.807, 2.05) is 18.2 Å². The zero-order valence-corrected chi connectivity index (χ0v) is 12.0. The summed E-state index contributed by atoms with van der Waals surface area (Å²) >= 11 is 5.91. The largest absolute Gasteiger partial charge is 0.380 e. The van der Waals surface area contributed by atoms with Gasteiger partial charge in [-0.15, -0.1) is 0 Å². The summed E-state index contributed by atoms with van der Waals surface area (Å²) in [5.41, 5.74) is 1.60. The summed E-state index contributed by atoms with van der Waals surface area (Å²) in [5, 5.41) is 3.79. The zero-order valence-electron chi connectivity index (χ0n) is 10.4. The molecular formula is C14H14ClNO2S. The van der Waals surface area contributed by atoms with Crippen molar-refractivity contribution in [3.63, 3.8) is 0 Å². The van der Waals surface area contributed by atoms with E-state index in [9.17, 15) is 8.42 Å². The molecule has 19 heavy (non-hydrogen) atoms. The third-order valence-electron chi connectivity index (χ3n) is 2.66. The average Bonchev–Trinajstić information content (AvgIpc) is 2.36. The van der Waals surface area contributed by atoms with Crippen LogP contribution in [0.25, 0.3) is 0 Å². The highest BCUT2D eigenvalue weighted by atomic mass is 35.5. The van der Waals surface area contributed by atoms with Crippen LogP contribution in [0.1, 0.15) is 5.56 Å². The van der Waals surface area contributed by atoms with E-state index in [2.05, 4.69) is 5.32 Å². The predicted molar refractivity (Wildman–Crippen MR) is 78.3 cm³/mol. The van der Waals surface area contributed by atoms with Gasteiger partial charge < -0.3 is 5.32 Å². The third kappa shape index (κ3) is 3.72. The smallest absolute Gasteiger partial charge is 0.177 e. The number of hydrogen-bond acceptors (Lipinski definition) is 3. The van der Waals surface area contributed by atoms with Crippen LogP contribution in [0.2, 0.25) is 5.02 Å². The first kappa shape index (κ1) is 13.9. The first-order valence-electron chi connectivity index (χ1n) is 5.74. The molecule has 0 aliphatic heterocycles. The van der Waals surface area contributed by atoms with Crippen LogP contribution >= 0.6 is 11.6 Å². The van der Waals surface area contributed by atoms with Crippen molar-refractivity contribution in [2.75, 3.05) is 11.6 Å². The van der Waals surface area contributed by atoms with Crippen LogP contribution in [0.5, 0.6) is 0 Å². The Morgan fingerprint density at radius 2 is 1.84 bits per heavy atom. The number of sulfone groups is 1. The number of nitrogens with one attached hydrogen (secondary N) is 1. The van der Waals surface area contributed by atoms with Gasteiger partial charge in [-0.2, -0.15) is 0 Å². The minimum Gasteiger partial charge on any atom is -0.380 e. The molecule has 0 spiro atoms. The minimum absolute atomic E-state index is 0.303. The molecule has 0 saturated heterocycles. The van der Waals surface area contributed by atoms with Crippen LogP contribution in [0, 0.1) is 0 Å². The lowest BCUT2D eigenvalue weighted by molar-refractivity contribution is 0.602. The highest BCUT2D eigenvalue weighted by molar-refractivity contribution is 7.90. The molecule has 0 amide bonds. The van der Waals surface area contributed by atoms with Crippen molar-refractivity contribution in [1.82, 2.24) is 0 Å². The van der Waals surface area contributed by atoms with Gasteiger partial charge in [0.05, 0.1) is 10.6 Å². The van der Waals surface area contributed by atoms with Crippen LogP contribution in [-0.4, -0.2) is 14.7 Å². The van der Waals surface area contributed by atoms with Crippen LogP contribution in [0.3, 0.4) is 0 Å². The molecule has 3 nitrogen and oxygen atoms in total. The Hall–Kier alpha value is -1.52. The standard InChI is InChI=1S/C14H14ClNO2S/c1-19(17,18)14-8-3-2-7-13(14)16-10-11-5-4-6-12(15)9-11/h2-9,16H,10H2,1H3. The lowest BCUT2D eigenvalue weighted by atomic mass is 10.2. The maximum absolute atomic E-state index is 11.7. The van der Waals surface area contributed by atoms with Gasteiger partial charge in [-0.3, -0.25) is 0 Å². The van der Waals surface area contributed by atoms with E-state index in [-0.39, 0.29) is 0 Å². The molecule has 0 heterocycles. The first-order chi connectivity index (χ1) is 8.97. The average molecular weight is 296 g/mol. The topological polar surface area (TPSA) is 46.2 Å². The van der Waals surface area contributed by atoms with Crippen LogP contribution in [0.4, 0.5) is 5.69 Å². The highest BCUT2D eigenvalue weighted by Crippen LogP contribution is 2.21. The Morgan fingerprint density at radius 1 is 1.11 bits per heavy atom. The summed E-state index contributed by atoms with van der Waals surface area (Å²) in [5.74, 6) is 0. The molecule has 0 fully saturated rings. The van der Waals surface area contributed by atoms with Gasteiger partial charge in [0.1, 0.15) is 0 Å². The van der Waals surface area contributed by atoms with E-state index in [4.69, 9.17) is 11.6 Å². The number of anilines is 1. The maximum Gasteiger partial charge on any atom is 0.177 e. The number of halogens is 1. The van der Waals surface area contributed by atoms with Crippen LogP contribution in [0.15, 0.2) is 53.4 Å². The van der Waals surface area contributed by atoms with E-state index in [0.717, 1.165) is 5.56 Å². The molecule has 0 aromatic heterocycles. The van der Waals surface area contributed by atoms with E-state index in [1.54, 1.807) is 30.3 Å². The molecule has 0 bridgehead atoms. The Bertz CT molecular complexity index is 683. The lowest BCUT2D eigenvalue weighted by Gasteiger charge is -2.10. The minimum atomic E-state index is -3.23. The fourth-order valence-corrected chi connectivity index (χ4v) is 2.86. The molecule has 0 aliphatic rings. The fraction of sp³-hybridized carbons (Fsp3) is 0.143. The van der Waals surface area contributed by atoms with Crippen molar-refractivity contribution in [1.29, 1.82) is 0 Å². The van der Waals surface area contributed by atoms with Crippen molar-refractivity contribution in [2.45, 2.75) is 11.4 Å². The number of hydrogen-bond donors (Lipinski definition) is 1. The molecule has 1 N–H and O–H groups in total. The number of benzene rings is 2. The molecule has 2 aromatic rings. The van der Waals surface area contributed by atoms with E-state index < -0.39 is 9.84 Å². The normalized spacial score (nSPS) is 11.3. The van der Waals surface area contributed by atoms with Gasteiger partial charge >= 0.3 is 0 Å². The molecule has 100 valence electrons. The highest BCUT2D eigenvalue weighted by Gasteiger charge is 2.11. The van der Waals surface area contributed by atoms with E-state index in [0.29, 0.717) is 22.2 Å². The van der Waals surface area contributed by atoms with E-state index >= 15 is 0 Å². The van der Waals surface area contributed by atoms with Gasteiger partial charge in [-0.05, 0) is 29.8 Å². The van der Waals surface area contributed by atoms with E-state index in [1.165, 1.54) is 6.26 Å². The first-order valence-corrected chi connectivity index (χ1v) is 8.01. The third-order valence-corrected chi connectivity index (χ3v) is 4.05. The molecule has 2 rings (SSSR count). The quantitative estimate of drug-likeness (QED) is 0.941. The summed E-state index contributed by atoms with van der Waals surface area (Å²) in [6.45, 7) is 0.521. The summed E-state index contributed by atoms with van der Waals surface area (Å²) in [4.78, 5) is 0.303. The second-order valence-corrected chi connectivity index (χ2v) is 6.67. The van der Waals surface area contributed by atoms with Gasteiger partial charge in [0, 0.05) is 17.8 Å². The van der Waals surface area contributed by atoms with Crippen LogP contribution in [-0.2, 0) is 16.4 Å². The van der Waals surface area contributed by atoms with Crippen molar-refractivity contribution < 1.29 is 8.42 Å². The maximum atomic E-state index is 11.7. The Labute approximate surface area is 118 Å². The van der Waals surface area contributed by atoms with Gasteiger partial charge in [-0.25, -0.2) is 8.42 Å². The van der Waals surface area contributed by atoms with Crippen molar-refractivity contribution in [3.8, 4) is 0 Å². The number of rotatable bonds is 4. The molecule has 5 heteroatoms. The molecule has 0 unspecified atom stereocenters. The van der Waals surface area contributed by atoms with Gasteiger partial charge in [0.15, 0.2) is 9.84 Å².